The number of hydrogen-bond donors (Lipinski definition) is 0. The van der Waals surface area contributed by atoms with Gasteiger partial charge in [-0.2, -0.15) is 0 Å². The van der Waals surface area contributed by atoms with Crippen LogP contribution in [0.2, 0.25) is 0 Å². The molecular formula is C14H13NO4. The zero-order valence-electron chi connectivity index (χ0n) is 10.5. The number of benzene rings is 1. The maximum atomic E-state index is 12.2. The molecule has 1 aliphatic heterocycles. The van der Waals surface area contributed by atoms with Crippen molar-refractivity contribution >= 4 is 17.8 Å². The number of amides is 2. The molecule has 2 amide bonds. The van der Waals surface area contributed by atoms with Crippen LogP contribution >= 0.6 is 0 Å². The van der Waals surface area contributed by atoms with Crippen LogP contribution in [0.3, 0.4) is 0 Å². The molecule has 5 heteroatoms. The Morgan fingerprint density at radius 3 is 2.26 bits per heavy atom. The van der Waals surface area contributed by atoms with Gasteiger partial charge in [0.25, 0.3) is 11.8 Å². The van der Waals surface area contributed by atoms with Gasteiger partial charge >= 0.3 is 5.97 Å². The highest BCUT2D eigenvalue weighted by molar-refractivity contribution is 6.21. The standard InChI is InChI=1S/C14H13NO4/c1-3-11(19-12(16)4-2)15-13(17)9-7-5-6-8-10(9)14(15)18/h4-8,11H,2-3H2,1H3. The van der Waals surface area contributed by atoms with Crippen molar-refractivity contribution in [2.24, 2.45) is 0 Å². The van der Waals surface area contributed by atoms with Gasteiger partial charge in [0, 0.05) is 12.5 Å². The first-order chi connectivity index (χ1) is 9.10. The van der Waals surface area contributed by atoms with Gasteiger partial charge in [0.2, 0.25) is 0 Å². The molecule has 0 N–H and O–H groups in total. The lowest BCUT2D eigenvalue weighted by Crippen LogP contribution is -2.42. The molecule has 98 valence electrons. The number of fused-ring (bicyclic) bond motifs is 1. The summed E-state index contributed by atoms with van der Waals surface area (Å²) in [6, 6.07) is 6.53. The van der Waals surface area contributed by atoms with Crippen molar-refractivity contribution in [1.29, 1.82) is 0 Å². The van der Waals surface area contributed by atoms with Crippen LogP contribution in [0.5, 0.6) is 0 Å². The molecule has 1 unspecified atom stereocenters. The van der Waals surface area contributed by atoms with E-state index in [-0.39, 0.29) is 0 Å². The lowest BCUT2D eigenvalue weighted by Gasteiger charge is -2.24. The van der Waals surface area contributed by atoms with Gasteiger partial charge in [-0.3, -0.25) is 9.59 Å². The SMILES string of the molecule is C=CC(=O)OC(CC)N1C(=O)c2ccccc2C1=O. The van der Waals surface area contributed by atoms with E-state index in [4.69, 9.17) is 4.74 Å². The lowest BCUT2D eigenvalue weighted by molar-refractivity contribution is -0.148. The molecule has 0 bridgehead atoms. The quantitative estimate of drug-likeness (QED) is 0.469. The maximum absolute atomic E-state index is 12.2. The second-order valence-electron chi connectivity index (χ2n) is 4.03. The van der Waals surface area contributed by atoms with E-state index in [2.05, 4.69) is 6.58 Å². The van der Waals surface area contributed by atoms with E-state index < -0.39 is 24.0 Å². The first kappa shape index (κ1) is 13.0. The molecule has 0 fully saturated rings. The normalized spacial score (nSPS) is 15.1. The molecule has 0 spiro atoms. The van der Waals surface area contributed by atoms with Gasteiger partial charge in [-0.1, -0.05) is 25.6 Å². The van der Waals surface area contributed by atoms with E-state index in [1.54, 1.807) is 31.2 Å². The molecule has 1 aliphatic rings. The summed E-state index contributed by atoms with van der Waals surface area (Å²) in [6.07, 6.45) is 0.421. The molecule has 1 aromatic carbocycles. The smallest absolute Gasteiger partial charge is 0.332 e. The van der Waals surface area contributed by atoms with Crippen LogP contribution in [-0.4, -0.2) is 28.9 Å². The van der Waals surface area contributed by atoms with Crippen LogP contribution in [0.4, 0.5) is 0 Å². The highest BCUT2D eigenvalue weighted by Gasteiger charge is 2.40. The fraction of sp³-hybridized carbons (Fsp3) is 0.214. The van der Waals surface area contributed by atoms with Crippen LogP contribution in [0.1, 0.15) is 34.1 Å². The number of rotatable bonds is 4. The topological polar surface area (TPSA) is 63.7 Å². The molecule has 1 aromatic rings. The van der Waals surface area contributed by atoms with Crippen LogP contribution in [0.25, 0.3) is 0 Å². The number of carbonyl (C=O) groups excluding carboxylic acids is 3. The number of esters is 1. The van der Waals surface area contributed by atoms with Crippen LogP contribution < -0.4 is 0 Å². The number of imide groups is 1. The summed E-state index contributed by atoms with van der Waals surface area (Å²) in [6.45, 7) is 5.02. The van der Waals surface area contributed by atoms with Crippen molar-refractivity contribution in [2.45, 2.75) is 19.6 Å². The molecule has 0 radical (unpaired) electrons. The minimum Gasteiger partial charge on any atom is -0.438 e. The second kappa shape index (κ2) is 5.06. The summed E-state index contributed by atoms with van der Waals surface area (Å²) in [4.78, 5) is 36.5. The summed E-state index contributed by atoms with van der Waals surface area (Å²) in [5.74, 6) is -1.54. The van der Waals surface area contributed by atoms with E-state index in [1.165, 1.54) is 0 Å². The number of ether oxygens (including phenoxy) is 1. The zero-order valence-corrected chi connectivity index (χ0v) is 10.5. The van der Waals surface area contributed by atoms with Crippen molar-refractivity contribution in [1.82, 2.24) is 4.90 Å². The van der Waals surface area contributed by atoms with Crippen molar-refractivity contribution in [2.75, 3.05) is 0 Å². The van der Waals surface area contributed by atoms with Gasteiger partial charge < -0.3 is 4.74 Å². The molecule has 0 saturated heterocycles. The van der Waals surface area contributed by atoms with Gasteiger partial charge in [-0.25, -0.2) is 9.69 Å². The Labute approximate surface area is 110 Å². The van der Waals surface area contributed by atoms with Crippen molar-refractivity contribution in [3.63, 3.8) is 0 Å². The van der Waals surface area contributed by atoms with E-state index in [9.17, 15) is 14.4 Å². The Balaban J connectivity index is 2.32. The largest absolute Gasteiger partial charge is 0.438 e. The van der Waals surface area contributed by atoms with Crippen LogP contribution in [0.15, 0.2) is 36.9 Å². The first-order valence-electron chi connectivity index (χ1n) is 5.90. The first-order valence-corrected chi connectivity index (χ1v) is 5.90. The Hall–Kier alpha value is -2.43. The van der Waals surface area contributed by atoms with Crippen LogP contribution in [-0.2, 0) is 9.53 Å². The lowest BCUT2D eigenvalue weighted by atomic mass is 10.1. The molecule has 0 aliphatic carbocycles. The highest BCUT2D eigenvalue weighted by Crippen LogP contribution is 2.25. The summed E-state index contributed by atoms with van der Waals surface area (Å²) in [5.41, 5.74) is 0.668. The number of carbonyl (C=O) groups is 3. The molecule has 1 heterocycles. The van der Waals surface area contributed by atoms with E-state index in [0.29, 0.717) is 17.5 Å². The Morgan fingerprint density at radius 1 is 1.32 bits per heavy atom. The summed E-state index contributed by atoms with van der Waals surface area (Å²) in [7, 11) is 0. The highest BCUT2D eigenvalue weighted by atomic mass is 16.6. The Morgan fingerprint density at radius 2 is 1.84 bits per heavy atom. The van der Waals surface area contributed by atoms with Crippen LogP contribution in [0, 0.1) is 0 Å². The minimum atomic E-state index is -0.905. The molecule has 0 aromatic heterocycles. The Kier molecular flexibility index (Phi) is 3.46. The third-order valence-electron chi connectivity index (χ3n) is 2.88. The maximum Gasteiger partial charge on any atom is 0.332 e. The minimum absolute atomic E-state index is 0.324. The molecule has 2 rings (SSSR count). The Bertz CT molecular complexity index is 529. The average Bonchev–Trinajstić information content (AvgIpc) is 2.69. The summed E-state index contributed by atoms with van der Waals surface area (Å²) < 4.78 is 5.03. The third kappa shape index (κ3) is 2.14. The second-order valence-corrected chi connectivity index (χ2v) is 4.03. The summed E-state index contributed by atoms with van der Waals surface area (Å²) >= 11 is 0. The van der Waals surface area contributed by atoms with Gasteiger partial charge in [0.05, 0.1) is 11.1 Å². The number of nitrogens with zero attached hydrogens (tertiary/aromatic N) is 1. The molecular weight excluding hydrogens is 246 g/mol. The van der Waals surface area contributed by atoms with Gasteiger partial charge in [0.1, 0.15) is 0 Å². The molecule has 1 atom stereocenters. The zero-order chi connectivity index (χ0) is 14.0. The van der Waals surface area contributed by atoms with E-state index >= 15 is 0 Å². The van der Waals surface area contributed by atoms with E-state index in [1.807, 2.05) is 0 Å². The van der Waals surface area contributed by atoms with Gasteiger partial charge in [0.15, 0.2) is 6.23 Å². The predicted molar refractivity (Wildman–Crippen MR) is 67.3 cm³/mol. The van der Waals surface area contributed by atoms with E-state index in [0.717, 1.165) is 11.0 Å². The van der Waals surface area contributed by atoms with Crippen molar-refractivity contribution in [3.8, 4) is 0 Å². The van der Waals surface area contributed by atoms with Crippen molar-refractivity contribution < 1.29 is 19.1 Å². The number of hydrogen-bond acceptors (Lipinski definition) is 4. The molecule has 5 nitrogen and oxygen atoms in total. The third-order valence-corrected chi connectivity index (χ3v) is 2.88. The summed E-state index contributed by atoms with van der Waals surface area (Å²) in [5, 5.41) is 0. The fourth-order valence-electron chi connectivity index (χ4n) is 1.97. The monoisotopic (exact) mass is 259 g/mol. The van der Waals surface area contributed by atoms with Crippen molar-refractivity contribution in [3.05, 3.63) is 48.0 Å². The molecule has 0 saturated carbocycles. The molecule has 19 heavy (non-hydrogen) atoms. The average molecular weight is 259 g/mol. The fourth-order valence-corrected chi connectivity index (χ4v) is 1.97. The predicted octanol–water partition coefficient (Wildman–Crippen LogP) is 1.75. The van der Waals surface area contributed by atoms with Gasteiger partial charge in [-0.05, 0) is 12.1 Å². The van der Waals surface area contributed by atoms with Gasteiger partial charge in [-0.15, -0.1) is 0 Å².